The van der Waals surface area contributed by atoms with E-state index in [9.17, 15) is 0 Å². The van der Waals surface area contributed by atoms with Gasteiger partial charge in [0.1, 0.15) is 10.3 Å². The van der Waals surface area contributed by atoms with Gasteiger partial charge < -0.3 is 5.32 Å². The number of halogens is 2. The number of aromatic nitrogens is 1. The van der Waals surface area contributed by atoms with E-state index < -0.39 is 0 Å². The molecule has 5 heteroatoms. The van der Waals surface area contributed by atoms with Gasteiger partial charge >= 0.3 is 0 Å². The predicted molar refractivity (Wildman–Crippen MR) is 80.8 cm³/mol. The zero-order valence-electron chi connectivity index (χ0n) is 11.3. The third-order valence-corrected chi connectivity index (χ3v) is 4.33. The van der Waals surface area contributed by atoms with E-state index in [4.69, 9.17) is 23.2 Å². The van der Waals surface area contributed by atoms with Crippen LogP contribution >= 0.6 is 23.2 Å². The zero-order valence-corrected chi connectivity index (χ0v) is 12.8. The van der Waals surface area contributed by atoms with Crippen molar-refractivity contribution in [2.45, 2.75) is 25.8 Å². The highest BCUT2D eigenvalue weighted by Crippen LogP contribution is 2.23. The Bertz CT molecular complexity index is 404. The van der Waals surface area contributed by atoms with E-state index in [1.165, 1.54) is 19.3 Å². The summed E-state index contributed by atoms with van der Waals surface area (Å²) in [5, 5.41) is 4.22. The van der Waals surface area contributed by atoms with E-state index in [1.807, 2.05) is 19.2 Å². The standard InChI is InChI=1S/C14H21Cl2N3/c1-17-7-4-11-5-8-19(9-6-11)10-12-2-3-13(15)18-14(12)16/h2-3,11,17H,4-10H2,1H3. The van der Waals surface area contributed by atoms with Crippen LogP contribution in [0.1, 0.15) is 24.8 Å². The van der Waals surface area contributed by atoms with Crippen LogP contribution in [0.5, 0.6) is 0 Å². The first-order valence-corrected chi connectivity index (χ1v) is 7.62. The van der Waals surface area contributed by atoms with Crippen LogP contribution in [0.3, 0.4) is 0 Å². The first-order chi connectivity index (χ1) is 9.19. The van der Waals surface area contributed by atoms with Crippen molar-refractivity contribution >= 4 is 23.2 Å². The molecule has 0 radical (unpaired) electrons. The van der Waals surface area contributed by atoms with Crippen molar-refractivity contribution in [3.63, 3.8) is 0 Å². The molecule has 0 aliphatic carbocycles. The Morgan fingerprint density at radius 3 is 2.68 bits per heavy atom. The third kappa shape index (κ3) is 4.60. The number of piperidine rings is 1. The van der Waals surface area contributed by atoms with Crippen LogP contribution in [0.15, 0.2) is 12.1 Å². The summed E-state index contributed by atoms with van der Waals surface area (Å²) in [7, 11) is 2.02. The highest BCUT2D eigenvalue weighted by Gasteiger charge is 2.19. The summed E-state index contributed by atoms with van der Waals surface area (Å²) in [5.41, 5.74) is 1.07. The molecule has 1 aromatic heterocycles. The SMILES string of the molecule is CNCCC1CCN(Cc2ccc(Cl)nc2Cl)CC1. The molecule has 3 nitrogen and oxygen atoms in total. The summed E-state index contributed by atoms with van der Waals surface area (Å²) in [6.07, 6.45) is 3.84. The first kappa shape index (κ1) is 15.0. The van der Waals surface area contributed by atoms with Crippen LogP contribution in [-0.4, -0.2) is 36.6 Å². The fourth-order valence-corrected chi connectivity index (χ4v) is 2.99. The highest BCUT2D eigenvalue weighted by atomic mass is 35.5. The van der Waals surface area contributed by atoms with E-state index in [0.717, 1.165) is 37.7 Å². The number of likely N-dealkylation sites (tertiary alicyclic amines) is 1. The second kappa shape index (κ2) is 7.44. The average molecular weight is 302 g/mol. The highest BCUT2D eigenvalue weighted by molar-refractivity contribution is 6.32. The van der Waals surface area contributed by atoms with E-state index >= 15 is 0 Å². The molecule has 19 heavy (non-hydrogen) atoms. The monoisotopic (exact) mass is 301 g/mol. The largest absolute Gasteiger partial charge is 0.320 e. The quantitative estimate of drug-likeness (QED) is 0.847. The van der Waals surface area contributed by atoms with Gasteiger partial charge in [-0.3, -0.25) is 4.90 Å². The molecule has 0 spiro atoms. The molecule has 1 N–H and O–H groups in total. The van der Waals surface area contributed by atoms with Gasteiger partial charge in [-0.25, -0.2) is 4.98 Å². The normalized spacial score (nSPS) is 17.8. The molecule has 2 rings (SSSR count). The summed E-state index contributed by atoms with van der Waals surface area (Å²) < 4.78 is 0. The van der Waals surface area contributed by atoms with Crippen LogP contribution in [0, 0.1) is 5.92 Å². The molecule has 1 fully saturated rings. The Morgan fingerprint density at radius 1 is 1.32 bits per heavy atom. The van der Waals surface area contributed by atoms with Crippen LogP contribution in [-0.2, 0) is 6.54 Å². The van der Waals surface area contributed by atoms with Gasteiger partial charge in [0.05, 0.1) is 0 Å². The second-order valence-electron chi connectivity index (χ2n) is 5.20. The van der Waals surface area contributed by atoms with Crippen LogP contribution < -0.4 is 5.32 Å². The second-order valence-corrected chi connectivity index (χ2v) is 5.94. The molecule has 1 aliphatic heterocycles. The smallest absolute Gasteiger partial charge is 0.135 e. The van der Waals surface area contributed by atoms with Gasteiger partial charge in [0, 0.05) is 12.1 Å². The lowest BCUT2D eigenvalue weighted by molar-refractivity contribution is 0.172. The summed E-state index contributed by atoms with van der Waals surface area (Å²) >= 11 is 11.9. The Morgan fingerprint density at radius 2 is 2.05 bits per heavy atom. The van der Waals surface area contributed by atoms with Crippen molar-refractivity contribution in [1.82, 2.24) is 15.2 Å². The van der Waals surface area contributed by atoms with E-state index in [1.54, 1.807) is 0 Å². The minimum absolute atomic E-state index is 0.458. The van der Waals surface area contributed by atoms with Crippen LogP contribution in [0.4, 0.5) is 0 Å². The van der Waals surface area contributed by atoms with Crippen molar-refractivity contribution in [2.75, 3.05) is 26.7 Å². The molecule has 106 valence electrons. The fourth-order valence-electron chi connectivity index (χ4n) is 2.58. The lowest BCUT2D eigenvalue weighted by atomic mass is 9.93. The molecule has 0 bridgehead atoms. The lowest BCUT2D eigenvalue weighted by Gasteiger charge is -2.32. The maximum atomic E-state index is 6.12. The van der Waals surface area contributed by atoms with E-state index in [-0.39, 0.29) is 0 Å². The number of nitrogens with zero attached hydrogens (tertiary/aromatic N) is 2. The van der Waals surface area contributed by atoms with Crippen LogP contribution in [0.25, 0.3) is 0 Å². The molecular weight excluding hydrogens is 281 g/mol. The molecular formula is C14H21Cl2N3. The Hall–Kier alpha value is -0.350. The van der Waals surface area contributed by atoms with Gasteiger partial charge in [-0.1, -0.05) is 29.3 Å². The van der Waals surface area contributed by atoms with E-state index in [0.29, 0.717) is 10.3 Å². The molecule has 0 saturated carbocycles. The molecule has 1 aliphatic rings. The van der Waals surface area contributed by atoms with Gasteiger partial charge in [-0.15, -0.1) is 0 Å². The fraction of sp³-hybridized carbons (Fsp3) is 0.643. The van der Waals surface area contributed by atoms with Gasteiger partial charge in [0.15, 0.2) is 0 Å². The average Bonchev–Trinajstić information content (AvgIpc) is 2.41. The predicted octanol–water partition coefficient (Wildman–Crippen LogP) is 3.21. The van der Waals surface area contributed by atoms with Gasteiger partial charge in [0.25, 0.3) is 0 Å². The summed E-state index contributed by atoms with van der Waals surface area (Å²) in [4.78, 5) is 6.54. The first-order valence-electron chi connectivity index (χ1n) is 6.87. The minimum Gasteiger partial charge on any atom is -0.320 e. The molecule has 1 saturated heterocycles. The van der Waals surface area contributed by atoms with Crippen molar-refractivity contribution in [2.24, 2.45) is 5.92 Å². The van der Waals surface area contributed by atoms with Gasteiger partial charge in [-0.05, 0) is 57.9 Å². The summed E-state index contributed by atoms with van der Waals surface area (Å²) in [5.74, 6) is 0.863. The maximum absolute atomic E-state index is 6.12. The third-order valence-electron chi connectivity index (χ3n) is 3.80. The van der Waals surface area contributed by atoms with Crippen molar-refractivity contribution in [3.8, 4) is 0 Å². The summed E-state index contributed by atoms with van der Waals surface area (Å²) in [6.45, 7) is 4.29. The molecule has 0 atom stereocenters. The van der Waals surface area contributed by atoms with Crippen molar-refractivity contribution in [1.29, 1.82) is 0 Å². The van der Waals surface area contributed by atoms with Crippen molar-refractivity contribution in [3.05, 3.63) is 28.0 Å². The van der Waals surface area contributed by atoms with Gasteiger partial charge in [0.2, 0.25) is 0 Å². The maximum Gasteiger partial charge on any atom is 0.135 e. The Labute approximate surface area is 125 Å². The topological polar surface area (TPSA) is 28.2 Å². The molecule has 2 heterocycles. The molecule has 0 aromatic carbocycles. The Kier molecular flexibility index (Phi) is 5.89. The van der Waals surface area contributed by atoms with E-state index in [2.05, 4.69) is 15.2 Å². The number of hydrogen-bond acceptors (Lipinski definition) is 3. The molecule has 0 amide bonds. The van der Waals surface area contributed by atoms with Crippen LogP contribution in [0.2, 0.25) is 10.3 Å². The molecule has 0 unspecified atom stereocenters. The lowest BCUT2D eigenvalue weighted by Crippen LogP contribution is -2.34. The Balaban J connectivity index is 1.82. The molecule has 1 aromatic rings. The summed E-state index contributed by atoms with van der Waals surface area (Å²) in [6, 6.07) is 3.78. The number of rotatable bonds is 5. The zero-order chi connectivity index (χ0) is 13.7. The van der Waals surface area contributed by atoms with Gasteiger partial charge in [-0.2, -0.15) is 0 Å². The number of hydrogen-bond donors (Lipinski definition) is 1. The number of nitrogens with one attached hydrogen (secondary N) is 1. The number of pyridine rings is 1. The minimum atomic E-state index is 0.458. The van der Waals surface area contributed by atoms with Crippen molar-refractivity contribution < 1.29 is 0 Å².